The van der Waals surface area contributed by atoms with Crippen LogP contribution in [0.5, 0.6) is 5.75 Å². The Morgan fingerprint density at radius 2 is 1.73 bits per heavy atom. The Bertz CT molecular complexity index is 314. The molecule has 1 aliphatic rings. The van der Waals surface area contributed by atoms with Crippen LogP contribution in [0, 0.1) is 0 Å². The normalized spacial score (nSPS) is 14.3. The van der Waals surface area contributed by atoms with Crippen molar-refractivity contribution in [3.05, 3.63) is 18.2 Å². The molecule has 3 nitrogen and oxygen atoms in total. The van der Waals surface area contributed by atoms with Crippen LogP contribution >= 0.6 is 34.0 Å². The number of anilines is 2. The second-order valence-corrected chi connectivity index (χ2v) is 3.44. The van der Waals surface area contributed by atoms with Crippen molar-refractivity contribution in [1.29, 1.82) is 0 Å². The Labute approximate surface area is 111 Å². The van der Waals surface area contributed by atoms with Crippen LogP contribution < -0.4 is 10.6 Å². The molecular formula is C10H16Br2N2O. The highest BCUT2D eigenvalue weighted by molar-refractivity contribution is 8.93. The summed E-state index contributed by atoms with van der Waals surface area (Å²) in [4.78, 5) is 2.29. The molecule has 0 atom stereocenters. The molecule has 1 aromatic rings. The summed E-state index contributed by atoms with van der Waals surface area (Å²) in [5.41, 5.74) is 7.19. The van der Waals surface area contributed by atoms with Crippen LogP contribution in [0.4, 0.5) is 11.4 Å². The Morgan fingerprint density at radius 1 is 1.13 bits per heavy atom. The first-order chi connectivity index (χ1) is 6.27. The third kappa shape index (κ3) is 3.28. The topological polar surface area (TPSA) is 49.5 Å². The average molecular weight is 340 g/mol. The lowest BCUT2D eigenvalue weighted by Gasteiger charge is -2.17. The highest BCUT2D eigenvalue weighted by Crippen LogP contribution is 2.27. The largest absolute Gasteiger partial charge is 0.506 e. The number of phenols is 1. The monoisotopic (exact) mass is 338 g/mol. The summed E-state index contributed by atoms with van der Waals surface area (Å²) in [7, 11) is 0. The summed E-state index contributed by atoms with van der Waals surface area (Å²) in [6, 6.07) is 5.40. The smallest absolute Gasteiger partial charge is 0.138 e. The molecule has 2 rings (SSSR count). The van der Waals surface area contributed by atoms with E-state index < -0.39 is 0 Å². The summed E-state index contributed by atoms with van der Waals surface area (Å²) >= 11 is 0. The number of hydrogen-bond acceptors (Lipinski definition) is 3. The maximum absolute atomic E-state index is 9.24. The van der Waals surface area contributed by atoms with Crippen LogP contribution in [0.15, 0.2) is 18.2 Å². The predicted octanol–water partition coefficient (Wildman–Crippen LogP) is 2.73. The molecule has 1 saturated heterocycles. The summed E-state index contributed by atoms with van der Waals surface area (Å²) in [5, 5.41) is 9.24. The van der Waals surface area contributed by atoms with Crippen LogP contribution in [0.25, 0.3) is 0 Å². The second-order valence-electron chi connectivity index (χ2n) is 3.44. The van der Waals surface area contributed by atoms with E-state index in [9.17, 15) is 5.11 Å². The van der Waals surface area contributed by atoms with Crippen molar-refractivity contribution in [2.45, 2.75) is 12.8 Å². The van der Waals surface area contributed by atoms with Gasteiger partial charge in [-0.1, -0.05) is 0 Å². The van der Waals surface area contributed by atoms with Crippen LogP contribution in [-0.2, 0) is 0 Å². The summed E-state index contributed by atoms with van der Waals surface area (Å²) in [6.45, 7) is 2.20. The van der Waals surface area contributed by atoms with Crippen molar-refractivity contribution in [1.82, 2.24) is 0 Å². The fourth-order valence-corrected chi connectivity index (χ4v) is 1.71. The lowest BCUT2D eigenvalue weighted by molar-refractivity contribution is 0.478. The van der Waals surface area contributed by atoms with Crippen molar-refractivity contribution in [3.8, 4) is 5.75 Å². The maximum atomic E-state index is 9.24. The fraction of sp³-hybridized carbons (Fsp3) is 0.400. The van der Waals surface area contributed by atoms with Gasteiger partial charge < -0.3 is 15.7 Å². The second kappa shape index (κ2) is 6.23. The van der Waals surface area contributed by atoms with Crippen molar-refractivity contribution in [3.63, 3.8) is 0 Å². The molecule has 1 fully saturated rings. The van der Waals surface area contributed by atoms with Gasteiger partial charge in [-0.05, 0) is 31.0 Å². The van der Waals surface area contributed by atoms with Gasteiger partial charge >= 0.3 is 0 Å². The summed E-state index contributed by atoms with van der Waals surface area (Å²) in [5.74, 6) is 0.169. The lowest BCUT2D eigenvalue weighted by atomic mass is 10.2. The van der Waals surface area contributed by atoms with E-state index in [1.165, 1.54) is 12.8 Å². The Balaban J connectivity index is 0.000000980. The molecule has 1 aromatic carbocycles. The van der Waals surface area contributed by atoms with Crippen molar-refractivity contribution >= 4 is 45.3 Å². The van der Waals surface area contributed by atoms with Crippen molar-refractivity contribution in [2.24, 2.45) is 0 Å². The van der Waals surface area contributed by atoms with Crippen molar-refractivity contribution in [2.75, 3.05) is 23.7 Å². The van der Waals surface area contributed by atoms with Crippen LogP contribution in [0.2, 0.25) is 0 Å². The Hall–Kier alpha value is -0.420. The van der Waals surface area contributed by atoms with Crippen molar-refractivity contribution < 1.29 is 5.11 Å². The third-order valence-corrected chi connectivity index (χ3v) is 2.48. The van der Waals surface area contributed by atoms with E-state index in [0.717, 1.165) is 18.8 Å². The molecule has 15 heavy (non-hydrogen) atoms. The SMILES string of the molecule is Br.Br.Nc1cc(N2CCCC2)ccc1O. The Kier molecular flexibility index (Phi) is 6.05. The number of nitrogens with zero attached hydrogens (tertiary/aromatic N) is 1. The van der Waals surface area contributed by atoms with Crippen LogP contribution in [-0.4, -0.2) is 18.2 Å². The van der Waals surface area contributed by atoms with E-state index in [0.29, 0.717) is 5.69 Å². The van der Waals surface area contributed by atoms with Gasteiger partial charge in [-0.2, -0.15) is 0 Å². The van der Waals surface area contributed by atoms with E-state index in [1.807, 2.05) is 12.1 Å². The molecule has 1 heterocycles. The number of nitrogen functional groups attached to an aromatic ring is 1. The maximum Gasteiger partial charge on any atom is 0.138 e. The van der Waals surface area contributed by atoms with Crippen LogP contribution in [0.1, 0.15) is 12.8 Å². The number of nitrogens with two attached hydrogens (primary N) is 1. The van der Waals surface area contributed by atoms with Crippen LogP contribution in [0.3, 0.4) is 0 Å². The zero-order chi connectivity index (χ0) is 9.26. The number of hydrogen-bond donors (Lipinski definition) is 2. The highest BCUT2D eigenvalue weighted by atomic mass is 79.9. The number of halogens is 2. The number of aromatic hydroxyl groups is 1. The number of phenolic OH excluding ortho intramolecular Hbond substituents is 1. The van der Waals surface area contributed by atoms with E-state index in [-0.39, 0.29) is 39.7 Å². The molecule has 0 spiro atoms. The number of rotatable bonds is 1. The van der Waals surface area contributed by atoms with Gasteiger partial charge in [0.1, 0.15) is 5.75 Å². The van der Waals surface area contributed by atoms with Gasteiger partial charge in [-0.3, -0.25) is 0 Å². The quantitative estimate of drug-likeness (QED) is 0.611. The first-order valence-corrected chi connectivity index (χ1v) is 4.61. The molecule has 5 heteroatoms. The van der Waals surface area contributed by atoms with Gasteiger partial charge in [0, 0.05) is 18.8 Å². The number of benzene rings is 1. The standard InChI is InChI=1S/C10H14N2O.2BrH/c11-9-7-8(3-4-10(9)13)12-5-1-2-6-12;;/h3-4,7,13H,1-2,5-6,11H2;2*1H. The predicted molar refractivity (Wildman–Crippen MR) is 74.6 cm³/mol. The summed E-state index contributed by atoms with van der Waals surface area (Å²) < 4.78 is 0. The van der Waals surface area contributed by atoms with E-state index in [4.69, 9.17) is 5.73 Å². The van der Waals surface area contributed by atoms with Gasteiger partial charge in [0.2, 0.25) is 0 Å². The summed E-state index contributed by atoms with van der Waals surface area (Å²) in [6.07, 6.45) is 2.50. The molecule has 3 N–H and O–H groups in total. The molecule has 0 aliphatic carbocycles. The fourth-order valence-electron chi connectivity index (χ4n) is 1.71. The van der Waals surface area contributed by atoms with E-state index in [1.54, 1.807) is 6.07 Å². The highest BCUT2D eigenvalue weighted by Gasteiger charge is 2.12. The molecule has 0 aromatic heterocycles. The van der Waals surface area contributed by atoms with Gasteiger partial charge in [-0.15, -0.1) is 34.0 Å². The van der Waals surface area contributed by atoms with Gasteiger partial charge in [0.25, 0.3) is 0 Å². The zero-order valence-electron chi connectivity index (χ0n) is 8.35. The average Bonchev–Trinajstić information content (AvgIpc) is 2.62. The molecule has 0 unspecified atom stereocenters. The minimum atomic E-state index is 0. The molecule has 1 aliphatic heterocycles. The van der Waals surface area contributed by atoms with E-state index in [2.05, 4.69) is 4.90 Å². The molecule has 0 saturated carbocycles. The molecule has 86 valence electrons. The minimum absolute atomic E-state index is 0. The third-order valence-electron chi connectivity index (χ3n) is 2.48. The van der Waals surface area contributed by atoms with Gasteiger partial charge in [-0.25, -0.2) is 0 Å². The minimum Gasteiger partial charge on any atom is -0.506 e. The first kappa shape index (κ1) is 14.6. The molecule has 0 radical (unpaired) electrons. The zero-order valence-corrected chi connectivity index (χ0v) is 11.8. The first-order valence-electron chi connectivity index (χ1n) is 4.61. The Morgan fingerprint density at radius 3 is 2.27 bits per heavy atom. The molecule has 0 amide bonds. The van der Waals surface area contributed by atoms with E-state index >= 15 is 0 Å². The van der Waals surface area contributed by atoms with Gasteiger partial charge in [0.15, 0.2) is 0 Å². The molecular weight excluding hydrogens is 324 g/mol. The molecule has 0 bridgehead atoms. The lowest BCUT2D eigenvalue weighted by Crippen LogP contribution is -2.17. The van der Waals surface area contributed by atoms with Gasteiger partial charge in [0.05, 0.1) is 5.69 Å².